The lowest BCUT2D eigenvalue weighted by molar-refractivity contribution is -0.139. The SMILES string of the molecule is C[C@@H](O)[C@H](O)C(=O)NC[C@@]1(O)C2CC[C@H]1C[C@](O)(S(=O)(=O)c1cc(C(=O)Nc3cc(F)c(F)c(F)c3)ccc1Cl)C2. The molecular formula is C26H28ClF3N2O8S. The van der Waals surface area contributed by atoms with Crippen LogP contribution in [0.1, 0.15) is 43.0 Å². The molecule has 41 heavy (non-hydrogen) atoms. The van der Waals surface area contributed by atoms with Crippen molar-refractivity contribution in [2.45, 2.75) is 60.2 Å². The van der Waals surface area contributed by atoms with E-state index in [1.54, 1.807) is 0 Å². The predicted octanol–water partition coefficient (Wildman–Crippen LogP) is 1.88. The summed E-state index contributed by atoms with van der Waals surface area (Å²) in [5.74, 6) is -8.31. The van der Waals surface area contributed by atoms with E-state index in [2.05, 4.69) is 10.6 Å². The molecule has 224 valence electrons. The summed E-state index contributed by atoms with van der Waals surface area (Å²) in [6.45, 7) is 0.864. The van der Waals surface area contributed by atoms with E-state index in [9.17, 15) is 51.6 Å². The van der Waals surface area contributed by atoms with Crippen molar-refractivity contribution < 1.29 is 51.6 Å². The molecule has 0 aliphatic heterocycles. The van der Waals surface area contributed by atoms with Gasteiger partial charge in [-0.05, 0) is 62.6 Å². The Morgan fingerprint density at radius 1 is 1.05 bits per heavy atom. The Kier molecular flexibility index (Phi) is 8.48. The van der Waals surface area contributed by atoms with Crippen LogP contribution < -0.4 is 10.6 Å². The number of sulfone groups is 1. The summed E-state index contributed by atoms with van der Waals surface area (Å²) in [5.41, 5.74) is -2.32. The van der Waals surface area contributed by atoms with E-state index in [-0.39, 0.29) is 17.1 Å². The number of nitrogens with one attached hydrogen (secondary N) is 2. The van der Waals surface area contributed by atoms with Crippen molar-refractivity contribution in [2.75, 3.05) is 11.9 Å². The van der Waals surface area contributed by atoms with Crippen LogP contribution in [0.4, 0.5) is 18.9 Å². The number of hydrogen-bond donors (Lipinski definition) is 6. The highest BCUT2D eigenvalue weighted by molar-refractivity contribution is 7.92. The predicted molar refractivity (Wildman–Crippen MR) is 139 cm³/mol. The Bertz CT molecular complexity index is 1450. The van der Waals surface area contributed by atoms with Gasteiger partial charge in [0.15, 0.2) is 28.5 Å². The van der Waals surface area contributed by atoms with Crippen molar-refractivity contribution >= 4 is 38.9 Å². The van der Waals surface area contributed by atoms with Gasteiger partial charge in [0.25, 0.3) is 11.8 Å². The second-order valence-corrected chi connectivity index (χ2v) is 13.2. The topological polar surface area (TPSA) is 173 Å². The quantitative estimate of drug-likeness (QED) is 0.243. The third kappa shape index (κ3) is 5.68. The number of anilines is 1. The average Bonchev–Trinajstić information content (AvgIpc) is 3.06. The minimum Gasteiger partial charge on any atom is -0.390 e. The maximum atomic E-state index is 13.7. The van der Waals surface area contributed by atoms with Crippen molar-refractivity contribution in [3.63, 3.8) is 0 Å². The molecule has 0 saturated heterocycles. The van der Waals surface area contributed by atoms with Gasteiger partial charge in [-0.3, -0.25) is 9.59 Å². The molecule has 0 radical (unpaired) electrons. The lowest BCUT2D eigenvalue weighted by atomic mass is 9.73. The van der Waals surface area contributed by atoms with E-state index < -0.39 is 97.1 Å². The number of aliphatic hydroxyl groups is 4. The molecule has 6 N–H and O–H groups in total. The number of carbonyl (C=O) groups excluding carboxylic acids is 2. The van der Waals surface area contributed by atoms with Crippen molar-refractivity contribution in [3.8, 4) is 0 Å². The standard InChI is InChI=1S/C26H28ClF3N2O8S/c1-12(33)22(34)24(36)31-11-26(38)14-3-4-15(26)10-25(37,9-14)41(39,40)20-6-13(2-5-17(20)27)23(35)32-16-7-18(28)21(30)19(29)8-16/h2,5-8,12,14-15,22,33-34,37-38H,3-4,9-11H2,1H3,(H,31,36)(H,32,35)/t12-,14+,15?,22+,25+,26+/m1/s1. The second kappa shape index (κ2) is 11.2. The zero-order valence-electron chi connectivity index (χ0n) is 21.6. The van der Waals surface area contributed by atoms with E-state index in [4.69, 9.17) is 11.6 Å². The molecule has 15 heteroatoms. The van der Waals surface area contributed by atoms with Gasteiger partial charge < -0.3 is 31.1 Å². The molecule has 0 spiro atoms. The van der Waals surface area contributed by atoms with Gasteiger partial charge in [0.1, 0.15) is 0 Å². The van der Waals surface area contributed by atoms with Crippen LogP contribution in [0.3, 0.4) is 0 Å². The fraction of sp³-hybridized carbons (Fsp3) is 0.462. The maximum absolute atomic E-state index is 13.7. The Hall–Kier alpha value is -2.75. The van der Waals surface area contributed by atoms with Crippen LogP contribution in [0.5, 0.6) is 0 Å². The Labute approximate surface area is 238 Å². The fourth-order valence-electron chi connectivity index (χ4n) is 5.59. The van der Waals surface area contributed by atoms with Gasteiger partial charge in [-0.15, -0.1) is 0 Å². The summed E-state index contributed by atoms with van der Waals surface area (Å²) in [6.07, 6.45) is -3.30. The number of amides is 2. The van der Waals surface area contributed by atoms with Crippen molar-refractivity contribution in [1.29, 1.82) is 0 Å². The molecule has 2 amide bonds. The molecule has 6 atom stereocenters. The van der Waals surface area contributed by atoms with Crippen LogP contribution in [0.2, 0.25) is 5.02 Å². The number of fused-ring (bicyclic) bond motifs is 2. The zero-order valence-corrected chi connectivity index (χ0v) is 23.1. The largest absolute Gasteiger partial charge is 0.390 e. The van der Waals surface area contributed by atoms with Crippen LogP contribution in [-0.2, 0) is 14.6 Å². The molecule has 0 heterocycles. The number of hydrogen-bond acceptors (Lipinski definition) is 8. The lowest BCUT2D eigenvalue weighted by Gasteiger charge is -2.46. The Balaban J connectivity index is 1.56. The smallest absolute Gasteiger partial charge is 0.255 e. The van der Waals surface area contributed by atoms with Crippen molar-refractivity contribution in [2.24, 2.45) is 11.8 Å². The van der Waals surface area contributed by atoms with E-state index >= 15 is 0 Å². The number of rotatable bonds is 8. The summed E-state index contributed by atoms with van der Waals surface area (Å²) < 4.78 is 67.8. The average molecular weight is 621 g/mol. The van der Waals surface area contributed by atoms with Gasteiger partial charge in [0.2, 0.25) is 9.84 Å². The van der Waals surface area contributed by atoms with Gasteiger partial charge in [-0.1, -0.05) is 11.6 Å². The molecule has 2 aromatic carbocycles. The zero-order chi connectivity index (χ0) is 30.5. The third-order valence-corrected chi connectivity index (χ3v) is 10.6. The first-order valence-electron chi connectivity index (χ1n) is 12.6. The molecule has 0 aromatic heterocycles. The number of carbonyl (C=O) groups is 2. The highest BCUT2D eigenvalue weighted by atomic mass is 35.5. The second-order valence-electron chi connectivity index (χ2n) is 10.6. The minimum absolute atomic E-state index is 0.295. The Morgan fingerprint density at radius 3 is 2.15 bits per heavy atom. The van der Waals surface area contributed by atoms with Gasteiger partial charge >= 0.3 is 0 Å². The van der Waals surface area contributed by atoms with E-state index in [1.165, 1.54) is 6.92 Å². The molecule has 2 fully saturated rings. The van der Waals surface area contributed by atoms with Gasteiger partial charge in [0, 0.05) is 29.9 Å². The summed E-state index contributed by atoms with van der Waals surface area (Å²) in [7, 11) is -4.67. The van der Waals surface area contributed by atoms with Gasteiger partial charge in [0.05, 0.1) is 21.6 Å². The number of aliphatic hydroxyl groups excluding tert-OH is 2. The first kappa shape index (κ1) is 31.2. The lowest BCUT2D eigenvalue weighted by Crippen LogP contribution is -2.59. The summed E-state index contributed by atoms with van der Waals surface area (Å²) in [4.78, 5) is 21.8. The highest BCUT2D eigenvalue weighted by Crippen LogP contribution is 2.55. The molecule has 10 nitrogen and oxygen atoms in total. The third-order valence-electron chi connectivity index (χ3n) is 7.90. The Morgan fingerprint density at radius 2 is 1.61 bits per heavy atom. The van der Waals surface area contributed by atoms with Crippen LogP contribution in [-0.4, -0.2) is 69.9 Å². The molecule has 2 saturated carbocycles. The van der Waals surface area contributed by atoms with Crippen molar-refractivity contribution in [3.05, 3.63) is 58.4 Å². The molecular weight excluding hydrogens is 593 g/mol. The molecule has 2 aliphatic rings. The first-order valence-corrected chi connectivity index (χ1v) is 14.4. The molecule has 2 aliphatic carbocycles. The van der Waals surface area contributed by atoms with E-state index in [0.717, 1.165) is 18.2 Å². The fourth-order valence-corrected chi connectivity index (χ4v) is 7.87. The van der Waals surface area contributed by atoms with Crippen LogP contribution >= 0.6 is 11.6 Å². The van der Waals surface area contributed by atoms with Gasteiger partial charge in [-0.2, -0.15) is 0 Å². The molecule has 2 aromatic rings. The van der Waals surface area contributed by atoms with E-state index in [1.807, 2.05) is 0 Å². The minimum atomic E-state index is -4.67. The van der Waals surface area contributed by atoms with E-state index in [0.29, 0.717) is 25.0 Å². The monoisotopic (exact) mass is 620 g/mol. The number of halogens is 4. The molecule has 1 unspecified atom stereocenters. The van der Waals surface area contributed by atoms with Crippen LogP contribution in [0.15, 0.2) is 35.2 Å². The van der Waals surface area contributed by atoms with Gasteiger partial charge in [-0.25, -0.2) is 21.6 Å². The maximum Gasteiger partial charge on any atom is 0.255 e. The molecule has 2 bridgehead atoms. The number of benzene rings is 2. The van der Waals surface area contributed by atoms with Crippen LogP contribution in [0.25, 0.3) is 0 Å². The molecule has 4 rings (SSSR count). The first-order chi connectivity index (χ1) is 19.0. The summed E-state index contributed by atoms with van der Waals surface area (Å²) in [5, 5.41) is 46.1. The highest BCUT2D eigenvalue weighted by Gasteiger charge is 2.61. The summed E-state index contributed by atoms with van der Waals surface area (Å²) >= 11 is 6.17. The van der Waals surface area contributed by atoms with Crippen LogP contribution in [0, 0.1) is 29.3 Å². The summed E-state index contributed by atoms with van der Waals surface area (Å²) in [6, 6.07) is 4.21. The normalized spacial score (nSPS) is 27.2. The van der Waals surface area contributed by atoms with Crippen molar-refractivity contribution in [1.82, 2.24) is 5.32 Å².